The summed E-state index contributed by atoms with van der Waals surface area (Å²) in [6.07, 6.45) is 1.75. The van der Waals surface area contributed by atoms with Crippen LogP contribution in [0.5, 0.6) is 5.75 Å². The number of ether oxygens (including phenoxy) is 1. The van der Waals surface area contributed by atoms with Crippen LogP contribution in [0.3, 0.4) is 0 Å². The van der Waals surface area contributed by atoms with Gasteiger partial charge in [0.1, 0.15) is 6.26 Å². The molecule has 1 saturated heterocycles. The second kappa shape index (κ2) is 8.21. The van der Waals surface area contributed by atoms with Crippen molar-refractivity contribution in [3.8, 4) is 16.5 Å². The first kappa shape index (κ1) is 18.2. The second-order valence-electron chi connectivity index (χ2n) is 6.64. The third-order valence-electron chi connectivity index (χ3n) is 4.76. The van der Waals surface area contributed by atoms with Gasteiger partial charge in [-0.25, -0.2) is 9.37 Å². The Morgan fingerprint density at radius 3 is 2.59 bits per heavy atom. The minimum Gasteiger partial charge on any atom is -0.494 e. The number of piperazine rings is 1. The van der Waals surface area contributed by atoms with E-state index in [1.54, 1.807) is 29.7 Å². The zero-order valence-electron chi connectivity index (χ0n) is 15.2. The minimum atomic E-state index is -0.304. The summed E-state index contributed by atoms with van der Waals surface area (Å²) in [5.74, 6) is 0.680. The van der Waals surface area contributed by atoms with Gasteiger partial charge in [0.2, 0.25) is 5.89 Å². The molecule has 0 unspecified atom stereocenters. The van der Waals surface area contributed by atoms with Crippen LogP contribution in [0.1, 0.15) is 11.3 Å². The highest BCUT2D eigenvalue weighted by atomic mass is 32.1. The molecule has 2 aromatic heterocycles. The van der Waals surface area contributed by atoms with Crippen molar-refractivity contribution in [1.29, 1.82) is 0 Å². The summed E-state index contributed by atoms with van der Waals surface area (Å²) >= 11 is 1.63. The van der Waals surface area contributed by atoms with Gasteiger partial charge in [0, 0.05) is 39.3 Å². The standard InChI is InChI=1S/C20H22FN3O2S/c1-25-18-5-4-15(11-17(18)21)12-23-6-8-24(9-7-23)13-16-14-26-20(22-16)19-3-2-10-27-19/h2-5,10-11,14H,6-9,12-13H2,1H3. The van der Waals surface area contributed by atoms with Crippen LogP contribution in [-0.4, -0.2) is 48.1 Å². The number of methoxy groups -OCH3 is 1. The first-order chi connectivity index (χ1) is 13.2. The molecule has 142 valence electrons. The lowest BCUT2D eigenvalue weighted by Gasteiger charge is -2.34. The highest BCUT2D eigenvalue weighted by Gasteiger charge is 2.19. The fraction of sp³-hybridized carbons (Fsp3) is 0.350. The first-order valence-corrected chi connectivity index (χ1v) is 9.84. The average molecular weight is 387 g/mol. The van der Waals surface area contributed by atoms with Crippen LogP contribution < -0.4 is 4.74 Å². The van der Waals surface area contributed by atoms with Gasteiger partial charge in [0.15, 0.2) is 11.6 Å². The fourth-order valence-electron chi connectivity index (χ4n) is 3.29. The molecule has 0 amide bonds. The van der Waals surface area contributed by atoms with E-state index in [0.29, 0.717) is 5.89 Å². The van der Waals surface area contributed by atoms with E-state index in [-0.39, 0.29) is 11.6 Å². The summed E-state index contributed by atoms with van der Waals surface area (Å²) in [6, 6.07) is 9.19. The number of aromatic nitrogens is 1. The Morgan fingerprint density at radius 1 is 1.15 bits per heavy atom. The second-order valence-corrected chi connectivity index (χ2v) is 7.59. The molecule has 0 bridgehead atoms. The maximum absolute atomic E-state index is 13.8. The maximum Gasteiger partial charge on any atom is 0.236 e. The number of nitrogens with zero attached hydrogens (tertiary/aromatic N) is 3. The molecule has 7 heteroatoms. The van der Waals surface area contributed by atoms with Gasteiger partial charge in [-0.2, -0.15) is 0 Å². The van der Waals surface area contributed by atoms with Crippen LogP contribution in [0.2, 0.25) is 0 Å². The largest absolute Gasteiger partial charge is 0.494 e. The highest BCUT2D eigenvalue weighted by molar-refractivity contribution is 7.13. The molecule has 3 aromatic rings. The number of halogens is 1. The SMILES string of the molecule is COc1ccc(CN2CCN(Cc3coc(-c4cccs4)n3)CC2)cc1F. The van der Waals surface area contributed by atoms with Crippen LogP contribution in [0.15, 0.2) is 46.4 Å². The van der Waals surface area contributed by atoms with Gasteiger partial charge in [0.05, 0.1) is 17.7 Å². The Labute approximate surface area is 162 Å². The molecular weight excluding hydrogens is 365 g/mol. The van der Waals surface area contributed by atoms with Gasteiger partial charge >= 0.3 is 0 Å². The number of hydrogen-bond acceptors (Lipinski definition) is 6. The van der Waals surface area contributed by atoms with E-state index in [9.17, 15) is 4.39 Å². The number of rotatable bonds is 6. The van der Waals surface area contributed by atoms with Gasteiger partial charge in [-0.1, -0.05) is 12.1 Å². The zero-order valence-corrected chi connectivity index (χ0v) is 16.0. The quantitative estimate of drug-likeness (QED) is 0.642. The molecule has 4 rings (SSSR count). The first-order valence-electron chi connectivity index (χ1n) is 8.96. The molecule has 1 aromatic carbocycles. The van der Waals surface area contributed by atoms with E-state index < -0.39 is 0 Å². The monoisotopic (exact) mass is 387 g/mol. The average Bonchev–Trinajstić information content (AvgIpc) is 3.35. The van der Waals surface area contributed by atoms with Crippen molar-refractivity contribution in [2.24, 2.45) is 0 Å². The maximum atomic E-state index is 13.8. The molecule has 0 radical (unpaired) electrons. The molecule has 3 heterocycles. The van der Waals surface area contributed by atoms with E-state index in [4.69, 9.17) is 9.15 Å². The van der Waals surface area contributed by atoms with Crippen LogP contribution in [0.25, 0.3) is 10.8 Å². The Balaban J connectivity index is 1.28. The lowest BCUT2D eigenvalue weighted by Crippen LogP contribution is -2.45. The van der Waals surface area contributed by atoms with Crippen molar-refractivity contribution < 1.29 is 13.5 Å². The van der Waals surface area contributed by atoms with Crippen molar-refractivity contribution in [1.82, 2.24) is 14.8 Å². The zero-order chi connectivity index (χ0) is 18.6. The minimum absolute atomic E-state index is 0.290. The molecule has 5 nitrogen and oxygen atoms in total. The third kappa shape index (κ3) is 4.37. The van der Waals surface area contributed by atoms with Crippen molar-refractivity contribution in [2.45, 2.75) is 13.1 Å². The highest BCUT2D eigenvalue weighted by Crippen LogP contribution is 2.24. The summed E-state index contributed by atoms with van der Waals surface area (Å²) in [7, 11) is 1.48. The Hall–Kier alpha value is -2.22. The van der Waals surface area contributed by atoms with Gasteiger partial charge in [-0.3, -0.25) is 9.80 Å². The number of benzene rings is 1. The van der Waals surface area contributed by atoms with Gasteiger partial charge in [-0.15, -0.1) is 11.3 Å². The van der Waals surface area contributed by atoms with E-state index >= 15 is 0 Å². The molecule has 1 aliphatic heterocycles. The lowest BCUT2D eigenvalue weighted by atomic mass is 10.2. The number of oxazole rings is 1. The van der Waals surface area contributed by atoms with Crippen molar-refractivity contribution in [3.63, 3.8) is 0 Å². The third-order valence-corrected chi connectivity index (χ3v) is 5.61. The topological polar surface area (TPSA) is 41.7 Å². The molecule has 1 aliphatic rings. The number of thiophene rings is 1. The lowest BCUT2D eigenvalue weighted by molar-refractivity contribution is 0.121. The smallest absolute Gasteiger partial charge is 0.236 e. The van der Waals surface area contributed by atoms with E-state index in [1.807, 2.05) is 23.6 Å². The summed E-state index contributed by atoms with van der Waals surface area (Å²) < 4.78 is 24.4. The molecule has 1 fully saturated rings. The Bertz CT molecular complexity index is 873. The van der Waals surface area contributed by atoms with Gasteiger partial charge in [-0.05, 0) is 29.1 Å². The number of hydrogen-bond donors (Lipinski definition) is 0. The predicted octanol–water partition coefficient (Wildman–Crippen LogP) is 3.87. The Morgan fingerprint density at radius 2 is 1.93 bits per heavy atom. The van der Waals surface area contributed by atoms with Crippen LogP contribution >= 0.6 is 11.3 Å². The van der Waals surface area contributed by atoms with Crippen LogP contribution in [-0.2, 0) is 13.1 Å². The summed E-state index contributed by atoms with van der Waals surface area (Å²) in [4.78, 5) is 10.4. The molecule has 0 spiro atoms. The molecule has 27 heavy (non-hydrogen) atoms. The van der Waals surface area contributed by atoms with Crippen LogP contribution in [0.4, 0.5) is 4.39 Å². The molecule has 0 aliphatic carbocycles. The van der Waals surface area contributed by atoms with E-state index in [2.05, 4.69) is 14.8 Å². The fourth-order valence-corrected chi connectivity index (χ4v) is 3.95. The van der Waals surface area contributed by atoms with Crippen LogP contribution in [0, 0.1) is 5.82 Å². The van der Waals surface area contributed by atoms with Gasteiger partial charge < -0.3 is 9.15 Å². The van der Waals surface area contributed by atoms with E-state index in [1.165, 1.54) is 7.11 Å². The van der Waals surface area contributed by atoms with E-state index in [0.717, 1.165) is 55.4 Å². The van der Waals surface area contributed by atoms with Gasteiger partial charge in [0.25, 0.3) is 0 Å². The molecule has 0 saturated carbocycles. The summed E-state index contributed by atoms with van der Waals surface area (Å²) in [5, 5.41) is 2.02. The molecule has 0 N–H and O–H groups in total. The summed E-state index contributed by atoms with van der Waals surface area (Å²) in [5.41, 5.74) is 1.93. The van der Waals surface area contributed by atoms with Crippen molar-refractivity contribution >= 4 is 11.3 Å². The normalized spacial score (nSPS) is 15.9. The summed E-state index contributed by atoms with van der Waals surface area (Å²) in [6.45, 7) is 5.35. The molecular formula is C20H22FN3O2S. The molecule has 0 atom stereocenters. The Kier molecular flexibility index (Phi) is 5.52. The van der Waals surface area contributed by atoms with Crippen molar-refractivity contribution in [2.75, 3.05) is 33.3 Å². The van der Waals surface area contributed by atoms with Crippen molar-refractivity contribution in [3.05, 3.63) is 59.0 Å². The predicted molar refractivity (Wildman–Crippen MR) is 103 cm³/mol.